The number of rotatable bonds is 10. The van der Waals surface area contributed by atoms with Crippen molar-refractivity contribution >= 4 is 45.1 Å². The van der Waals surface area contributed by atoms with E-state index in [1.807, 2.05) is 57.2 Å². The molecule has 0 saturated carbocycles. The highest BCUT2D eigenvalue weighted by molar-refractivity contribution is 9.10. The average molecular weight is 553 g/mol. The molecule has 0 radical (unpaired) electrons. The van der Waals surface area contributed by atoms with E-state index in [-0.39, 0.29) is 25.4 Å². The van der Waals surface area contributed by atoms with Crippen molar-refractivity contribution in [2.24, 2.45) is 0 Å². The largest absolute Gasteiger partial charge is 0.457 e. The number of carbonyl (C=O) groups is 3. The van der Waals surface area contributed by atoms with Crippen LogP contribution in [0.2, 0.25) is 0 Å². The number of ether oxygens (including phenoxy) is 2. The molecule has 0 aliphatic heterocycles. The van der Waals surface area contributed by atoms with Gasteiger partial charge in [0.15, 0.2) is 6.61 Å². The van der Waals surface area contributed by atoms with Crippen LogP contribution in [0.25, 0.3) is 0 Å². The molecule has 2 amide bonds. The molecule has 3 rings (SSSR count). The van der Waals surface area contributed by atoms with E-state index in [2.05, 4.69) is 26.6 Å². The molecule has 0 fully saturated rings. The molecule has 2 N–H and O–H groups in total. The number of hydrogen-bond acceptors (Lipinski definition) is 5. The third-order valence-corrected chi connectivity index (χ3v) is 6.15. The van der Waals surface area contributed by atoms with Gasteiger partial charge in [-0.15, -0.1) is 0 Å². The molecule has 3 aromatic rings. The molecule has 3 aromatic carbocycles. The predicted molar refractivity (Wildman–Crippen MR) is 143 cm³/mol. The summed E-state index contributed by atoms with van der Waals surface area (Å²) in [5.74, 6) is 0.250. The maximum atomic E-state index is 12.2. The van der Waals surface area contributed by atoms with Gasteiger partial charge in [-0.2, -0.15) is 0 Å². The number of aryl methyl sites for hydroxylation is 3. The molecule has 0 aliphatic rings. The third-order valence-electron chi connectivity index (χ3n) is 5.29. The van der Waals surface area contributed by atoms with Crippen LogP contribution in [0.5, 0.6) is 11.5 Å². The van der Waals surface area contributed by atoms with Gasteiger partial charge < -0.3 is 20.1 Å². The number of halogens is 1. The highest BCUT2D eigenvalue weighted by Gasteiger charge is 2.11. The fraction of sp³-hybridized carbons (Fsp3) is 0.250. The molecule has 0 unspecified atom stereocenters. The van der Waals surface area contributed by atoms with Crippen molar-refractivity contribution in [3.8, 4) is 11.5 Å². The number of carbonyl (C=O) groups excluding carboxylic acids is 3. The Balaban J connectivity index is 1.34. The summed E-state index contributed by atoms with van der Waals surface area (Å²) in [5.41, 5.74) is 4.29. The molecule has 8 heteroatoms. The van der Waals surface area contributed by atoms with Crippen molar-refractivity contribution in [1.29, 1.82) is 0 Å². The lowest BCUT2D eigenvalue weighted by Gasteiger charge is -2.11. The van der Waals surface area contributed by atoms with Gasteiger partial charge in [-0.1, -0.05) is 28.1 Å². The summed E-state index contributed by atoms with van der Waals surface area (Å²) < 4.78 is 11.8. The summed E-state index contributed by atoms with van der Waals surface area (Å²) in [6.45, 7) is 5.42. The van der Waals surface area contributed by atoms with Gasteiger partial charge in [0.1, 0.15) is 11.5 Å². The number of benzene rings is 3. The maximum absolute atomic E-state index is 12.2. The average Bonchev–Trinajstić information content (AvgIpc) is 2.82. The smallest absolute Gasteiger partial charge is 0.306 e. The van der Waals surface area contributed by atoms with Crippen LogP contribution in [-0.4, -0.2) is 24.4 Å². The molecular formula is C28H29BrN2O5. The number of hydrogen-bond donors (Lipinski definition) is 2. The second-order valence-electron chi connectivity index (χ2n) is 8.47. The summed E-state index contributed by atoms with van der Waals surface area (Å²) in [4.78, 5) is 36.3. The Morgan fingerprint density at radius 1 is 0.806 bits per heavy atom. The van der Waals surface area contributed by atoms with E-state index in [1.165, 1.54) is 0 Å². The predicted octanol–water partition coefficient (Wildman–Crippen LogP) is 6.46. The molecule has 0 spiro atoms. The van der Waals surface area contributed by atoms with E-state index in [9.17, 15) is 14.4 Å². The summed E-state index contributed by atoms with van der Waals surface area (Å²) in [6.07, 6.45) is 0.506. The Morgan fingerprint density at radius 2 is 1.56 bits per heavy atom. The SMILES string of the molecule is Cc1cccc(Oc2ccc(NC(=O)CCCC(=O)OCC(=O)Nc3cc(C)c(Br)cc3C)cc2)c1. The Kier molecular flexibility index (Phi) is 9.64. The summed E-state index contributed by atoms with van der Waals surface area (Å²) in [6, 6.07) is 18.6. The Hall–Kier alpha value is -3.65. The third kappa shape index (κ3) is 8.53. The standard InChI is InChI=1S/C28H29BrN2O5/c1-18-6-4-7-23(14-18)36-22-12-10-21(11-13-22)30-26(32)8-5-9-28(34)35-17-27(33)31-25-16-19(2)24(29)15-20(25)3/h4,6-7,10-16H,5,8-9,17H2,1-3H3,(H,30,32)(H,31,33). The summed E-state index contributed by atoms with van der Waals surface area (Å²) in [7, 11) is 0. The number of amides is 2. The van der Waals surface area contributed by atoms with Crippen LogP contribution in [0.4, 0.5) is 11.4 Å². The van der Waals surface area contributed by atoms with Crippen LogP contribution in [0.15, 0.2) is 65.1 Å². The van der Waals surface area contributed by atoms with Gasteiger partial charge in [-0.25, -0.2) is 0 Å². The van der Waals surface area contributed by atoms with Crippen molar-refractivity contribution in [2.75, 3.05) is 17.2 Å². The van der Waals surface area contributed by atoms with Gasteiger partial charge in [0, 0.05) is 28.7 Å². The van der Waals surface area contributed by atoms with E-state index in [0.29, 0.717) is 23.5 Å². The van der Waals surface area contributed by atoms with Crippen molar-refractivity contribution < 1.29 is 23.9 Å². The van der Waals surface area contributed by atoms with Crippen molar-refractivity contribution in [3.63, 3.8) is 0 Å². The molecule has 0 saturated heterocycles. The number of esters is 1. The number of anilines is 2. The van der Waals surface area contributed by atoms with Crippen LogP contribution in [0, 0.1) is 20.8 Å². The van der Waals surface area contributed by atoms with Crippen LogP contribution >= 0.6 is 15.9 Å². The normalized spacial score (nSPS) is 10.4. The van der Waals surface area contributed by atoms with E-state index in [0.717, 1.165) is 26.9 Å². The zero-order chi connectivity index (χ0) is 26.1. The molecule has 188 valence electrons. The molecule has 0 aromatic heterocycles. The quantitative estimate of drug-likeness (QED) is 0.281. The fourth-order valence-electron chi connectivity index (χ4n) is 3.36. The minimum absolute atomic E-state index is 0.0421. The Morgan fingerprint density at radius 3 is 2.28 bits per heavy atom. The lowest BCUT2D eigenvalue weighted by atomic mass is 10.1. The summed E-state index contributed by atoms with van der Waals surface area (Å²) in [5, 5.41) is 5.54. The van der Waals surface area contributed by atoms with Gasteiger partial charge in [-0.05, 0) is 92.4 Å². The first-order valence-electron chi connectivity index (χ1n) is 11.6. The first-order valence-corrected chi connectivity index (χ1v) is 12.4. The van der Waals surface area contributed by atoms with Gasteiger partial charge in [0.25, 0.3) is 5.91 Å². The maximum Gasteiger partial charge on any atom is 0.306 e. The van der Waals surface area contributed by atoms with Gasteiger partial charge in [-0.3, -0.25) is 14.4 Å². The second kappa shape index (κ2) is 12.9. The highest BCUT2D eigenvalue weighted by atomic mass is 79.9. The molecule has 0 aliphatic carbocycles. The highest BCUT2D eigenvalue weighted by Crippen LogP contribution is 2.25. The summed E-state index contributed by atoms with van der Waals surface area (Å²) >= 11 is 3.45. The van der Waals surface area contributed by atoms with Crippen LogP contribution < -0.4 is 15.4 Å². The van der Waals surface area contributed by atoms with Gasteiger partial charge >= 0.3 is 5.97 Å². The van der Waals surface area contributed by atoms with E-state index in [4.69, 9.17) is 9.47 Å². The topological polar surface area (TPSA) is 93.7 Å². The first-order chi connectivity index (χ1) is 17.2. The molecule has 0 heterocycles. The second-order valence-corrected chi connectivity index (χ2v) is 9.32. The van der Waals surface area contributed by atoms with Crippen molar-refractivity contribution in [3.05, 3.63) is 81.8 Å². The van der Waals surface area contributed by atoms with Crippen molar-refractivity contribution in [2.45, 2.75) is 40.0 Å². The van der Waals surface area contributed by atoms with E-state index >= 15 is 0 Å². The van der Waals surface area contributed by atoms with E-state index in [1.54, 1.807) is 24.3 Å². The Labute approximate surface area is 219 Å². The lowest BCUT2D eigenvalue weighted by molar-refractivity contribution is -0.147. The van der Waals surface area contributed by atoms with Crippen LogP contribution in [0.1, 0.15) is 36.0 Å². The minimum Gasteiger partial charge on any atom is -0.457 e. The van der Waals surface area contributed by atoms with Crippen LogP contribution in [0.3, 0.4) is 0 Å². The lowest BCUT2D eigenvalue weighted by Crippen LogP contribution is -2.21. The molecule has 36 heavy (non-hydrogen) atoms. The zero-order valence-corrected chi connectivity index (χ0v) is 22.1. The Bertz CT molecular complexity index is 1240. The first kappa shape index (κ1) is 26.9. The zero-order valence-electron chi connectivity index (χ0n) is 20.5. The minimum atomic E-state index is -0.528. The van der Waals surface area contributed by atoms with E-state index < -0.39 is 11.9 Å². The van der Waals surface area contributed by atoms with Crippen molar-refractivity contribution in [1.82, 2.24) is 0 Å². The monoisotopic (exact) mass is 552 g/mol. The molecule has 0 bridgehead atoms. The molecule has 7 nitrogen and oxygen atoms in total. The van der Waals surface area contributed by atoms with Gasteiger partial charge in [0.2, 0.25) is 5.91 Å². The molecular weight excluding hydrogens is 524 g/mol. The van der Waals surface area contributed by atoms with Crippen LogP contribution in [-0.2, 0) is 19.1 Å². The fourth-order valence-corrected chi connectivity index (χ4v) is 3.82. The van der Waals surface area contributed by atoms with Gasteiger partial charge in [0.05, 0.1) is 0 Å². The molecule has 0 atom stereocenters. The number of nitrogens with one attached hydrogen (secondary N) is 2.